The molecular weight excluding hydrogens is 331 g/mol. The number of benzene rings is 3. The maximum Gasteiger partial charge on any atom is 0.335 e. The number of fused-ring (bicyclic) bond motifs is 1. The molecular formula is C21H15FN2O2. The Balaban J connectivity index is 1.86. The second kappa shape index (κ2) is 6.37. The van der Waals surface area contributed by atoms with Gasteiger partial charge in [0.25, 0.3) is 0 Å². The van der Waals surface area contributed by atoms with Crippen LogP contribution in [0.25, 0.3) is 22.2 Å². The number of halogens is 1. The lowest BCUT2D eigenvalue weighted by Crippen LogP contribution is -1.96. The quantitative estimate of drug-likeness (QED) is 0.462. The van der Waals surface area contributed by atoms with Crippen LogP contribution in [-0.4, -0.2) is 16.1 Å². The van der Waals surface area contributed by atoms with E-state index in [0.717, 1.165) is 27.8 Å². The number of carboxylic acids is 1. The molecule has 3 N–H and O–H groups in total. The van der Waals surface area contributed by atoms with E-state index in [4.69, 9.17) is 5.11 Å². The van der Waals surface area contributed by atoms with Crippen LogP contribution in [-0.2, 0) is 0 Å². The van der Waals surface area contributed by atoms with Gasteiger partial charge in [0.05, 0.1) is 22.6 Å². The van der Waals surface area contributed by atoms with E-state index in [1.165, 1.54) is 6.07 Å². The number of anilines is 2. The molecule has 0 spiro atoms. The first-order valence-corrected chi connectivity index (χ1v) is 8.09. The van der Waals surface area contributed by atoms with Crippen molar-refractivity contribution in [3.8, 4) is 11.3 Å². The third-order valence-electron chi connectivity index (χ3n) is 4.26. The summed E-state index contributed by atoms with van der Waals surface area (Å²) in [6.45, 7) is 0. The molecule has 3 aromatic carbocycles. The van der Waals surface area contributed by atoms with E-state index in [9.17, 15) is 9.18 Å². The van der Waals surface area contributed by atoms with Crippen molar-refractivity contribution >= 4 is 28.2 Å². The summed E-state index contributed by atoms with van der Waals surface area (Å²) in [4.78, 5) is 14.4. The van der Waals surface area contributed by atoms with Gasteiger partial charge in [0.1, 0.15) is 5.82 Å². The van der Waals surface area contributed by atoms with Crippen molar-refractivity contribution in [2.24, 2.45) is 0 Å². The average molecular weight is 346 g/mol. The molecule has 0 radical (unpaired) electrons. The first kappa shape index (κ1) is 15.9. The highest BCUT2D eigenvalue weighted by Crippen LogP contribution is 2.37. The third kappa shape index (κ3) is 2.80. The molecule has 0 saturated carbocycles. The number of aromatic amines is 1. The summed E-state index contributed by atoms with van der Waals surface area (Å²) in [5.41, 5.74) is 3.82. The molecule has 0 amide bonds. The Kier molecular flexibility index (Phi) is 3.89. The molecule has 0 aliphatic heterocycles. The van der Waals surface area contributed by atoms with Gasteiger partial charge in [-0.25, -0.2) is 9.18 Å². The van der Waals surface area contributed by atoms with Crippen LogP contribution in [0.3, 0.4) is 0 Å². The largest absolute Gasteiger partial charge is 0.478 e. The molecule has 1 heterocycles. The molecule has 128 valence electrons. The van der Waals surface area contributed by atoms with Crippen LogP contribution in [0.5, 0.6) is 0 Å². The van der Waals surface area contributed by atoms with E-state index in [1.807, 2.05) is 24.3 Å². The number of aromatic nitrogens is 1. The summed E-state index contributed by atoms with van der Waals surface area (Å²) < 4.78 is 14.1. The molecule has 0 unspecified atom stereocenters. The molecule has 4 aromatic rings. The van der Waals surface area contributed by atoms with Crippen LogP contribution in [0.1, 0.15) is 10.4 Å². The van der Waals surface area contributed by atoms with Gasteiger partial charge in [-0.05, 0) is 30.3 Å². The zero-order valence-electron chi connectivity index (χ0n) is 13.7. The van der Waals surface area contributed by atoms with E-state index in [-0.39, 0.29) is 11.4 Å². The van der Waals surface area contributed by atoms with Crippen molar-refractivity contribution in [3.63, 3.8) is 0 Å². The number of rotatable bonds is 4. The Hall–Kier alpha value is -3.60. The molecule has 26 heavy (non-hydrogen) atoms. The monoisotopic (exact) mass is 346 g/mol. The van der Waals surface area contributed by atoms with Crippen molar-refractivity contribution < 1.29 is 14.3 Å². The summed E-state index contributed by atoms with van der Waals surface area (Å²) in [5.74, 6) is -1.32. The number of carbonyl (C=O) groups is 1. The number of hydrogen-bond acceptors (Lipinski definition) is 2. The molecule has 0 atom stereocenters. The number of hydrogen-bond donors (Lipinski definition) is 3. The summed E-state index contributed by atoms with van der Waals surface area (Å²) >= 11 is 0. The third-order valence-corrected chi connectivity index (χ3v) is 4.26. The van der Waals surface area contributed by atoms with E-state index >= 15 is 0 Å². The molecule has 0 aliphatic carbocycles. The number of carboxylic acid groups (broad SMARTS) is 1. The van der Waals surface area contributed by atoms with Crippen LogP contribution in [0.15, 0.2) is 72.8 Å². The first-order valence-electron chi connectivity index (χ1n) is 8.09. The van der Waals surface area contributed by atoms with Gasteiger partial charge in [-0.15, -0.1) is 0 Å². The Morgan fingerprint density at radius 1 is 0.923 bits per heavy atom. The maximum absolute atomic E-state index is 14.1. The van der Waals surface area contributed by atoms with Gasteiger partial charge >= 0.3 is 5.97 Å². The molecule has 0 aliphatic rings. The average Bonchev–Trinajstić information content (AvgIpc) is 3.02. The van der Waals surface area contributed by atoms with Gasteiger partial charge < -0.3 is 15.4 Å². The highest BCUT2D eigenvalue weighted by atomic mass is 19.1. The van der Waals surface area contributed by atoms with Gasteiger partial charge in [0.2, 0.25) is 0 Å². The SMILES string of the molecule is O=C(O)c1ccc(-c2[nH]c3ccccc3c2Nc2ccccc2F)cc1. The van der Waals surface area contributed by atoms with E-state index < -0.39 is 5.97 Å². The zero-order chi connectivity index (χ0) is 18.1. The molecule has 5 heteroatoms. The molecule has 4 nitrogen and oxygen atoms in total. The Morgan fingerprint density at radius 3 is 2.35 bits per heavy atom. The summed E-state index contributed by atoms with van der Waals surface area (Å²) in [6, 6.07) is 20.8. The van der Waals surface area contributed by atoms with Gasteiger partial charge in [0, 0.05) is 16.5 Å². The van der Waals surface area contributed by atoms with Crippen molar-refractivity contribution in [3.05, 3.63) is 84.2 Å². The smallest absolute Gasteiger partial charge is 0.335 e. The predicted octanol–water partition coefficient (Wildman–Crippen LogP) is 5.42. The van der Waals surface area contributed by atoms with Gasteiger partial charge in [0.15, 0.2) is 0 Å². The van der Waals surface area contributed by atoms with Crippen LogP contribution in [0, 0.1) is 5.82 Å². The Morgan fingerprint density at radius 2 is 1.62 bits per heavy atom. The summed E-state index contributed by atoms with van der Waals surface area (Å²) in [5, 5.41) is 13.2. The van der Waals surface area contributed by atoms with E-state index in [2.05, 4.69) is 10.3 Å². The van der Waals surface area contributed by atoms with Gasteiger partial charge in [-0.3, -0.25) is 0 Å². The zero-order valence-corrected chi connectivity index (χ0v) is 13.7. The van der Waals surface area contributed by atoms with Crippen molar-refractivity contribution in [1.82, 2.24) is 4.98 Å². The first-order chi connectivity index (χ1) is 12.6. The number of H-pyrrole nitrogens is 1. The minimum Gasteiger partial charge on any atom is -0.478 e. The number of aromatic carboxylic acids is 1. The Labute approximate surface area is 148 Å². The molecule has 1 aromatic heterocycles. The Bertz CT molecular complexity index is 1100. The maximum atomic E-state index is 14.1. The molecule has 0 saturated heterocycles. The fourth-order valence-corrected chi connectivity index (χ4v) is 2.97. The second-order valence-corrected chi connectivity index (χ2v) is 5.91. The minimum absolute atomic E-state index is 0.216. The summed E-state index contributed by atoms with van der Waals surface area (Å²) in [6.07, 6.45) is 0. The lowest BCUT2D eigenvalue weighted by molar-refractivity contribution is 0.0697. The number of para-hydroxylation sites is 2. The topological polar surface area (TPSA) is 65.1 Å². The van der Waals surface area contributed by atoms with E-state index in [1.54, 1.807) is 42.5 Å². The van der Waals surface area contributed by atoms with E-state index in [0.29, 0.717) is 5.69 Å². The normalized spacial score (nSPS) is 10.8. The van der Waals surface area contributed by atoms with Crippen molar-refractivity contribution in [2.45, 2.75) is 0 Å². The fourth-order valence-electron chi connectivity index (χ4n) is 2.97. The second-order valence-electron chi connectivity index (χ2n) is 5.91. The van der Waals surface area contributed by atoms with Crippen LogP contribution in [0.2, 0.25) is 0 Å². The lowest BCUT2D eigenvalue weighted by atomic mass is 10.1. The highest BCUT2D eigenvalue weighted by Gasteiger charge is 2.15. The van der Waals surface area contributed by atoms with Gasteiger partial charge in [-0.1, -0.05) is 42.5 Å². The minimum atomic E-state index is -0.974. The highest BCUT2D eigenvalue weighted by molar-refractivity contribution is 6.03. The number of nitrogens with one attached hydrogen (secondary N) is 2. The van der Waals surface area contributed by atoms with Crippen LogP contribution < -0.4 is 5.32 Å². The van der Waals surface area contributed by atoms with Crippen molar-refractivity contribution in [2.75, 3.05) is 5.32 Å². The lowest BCUT2D eigenvalue weighted by Gasteiger charge is -2.10. The van der Waals surface area contributed by atoms with Crippen molar-refractivity contribution in [1.29, 1.82) is 0 Å². The summed E-state index contributed by atoms with van der Waals surface area (Å²) in [7, 11) is 0. The van der Waals surface area contributed by atoms with Gasteiger partial charge in [-0.2, -0.15) is 0 Å². The standard InChI is InChI=1S/C21H15FN2O2/c22-16-6-2-4-8-18(16)24-20-15-5-1-3-7-17(15)23-19(20)13-9-11-14(12-10-13)21(25)26/h1-12,23-24H,(H,25,26). The molecule has 0 fully saturated rings. The molecule has 0 bridgehead atoms. The predicted molar refractivity (Wildman–Crippen MR) is 100 cm³/mol. The van der Waals surface area contributed by atoms with Crippen LogP contribution >= 0.6 is 0 Å². The van der Waals surface area contributed by atoms with Crippen LogP contribution in [0.4, 0.5) is 15.8 Å². The molecule has 4 rings (SSSR count). The fraction of sp³-hybridized carbons (Fsp3) is 0.